The Morgan fingerprint density at radius 1 is 0.793 bits per heavy atom. The van der Waals surface area contributed by atoms with Gasteiger partial charge in [0.05, 0.1) is 29.0 Å². The van der Waals surface area contributed by atoms with Crippen LogP contribution in [0.5, 0.6) is 0 Å². The van der Waals surface area contributed by atoms with E-state index in [0.717, 1.165) is 27.9 Å². The van der Waals surface area contributed by atoms with Crippen LogP contribution in [0.3, 0.4) is 0 Å². The maximum absolute atomic E-state index is 9.06. The molecule has 4 rings (SSSR count). The van der Waals surface area contributed by atoms with E-state index in [1.807, 2.05) is 65.4 Å². The van der Waals surface area contributed by atoms with Crippen molar-refractivity contribution in [3.8, 4) is 29.1 Å². The lowest BCUT2D eigenvalue weighted by atomic mass is 10.1. The number of nitriles is 2. The minimum absolute atomic E-state index is 0.624. The molecular formula is C24H16N4S. The van der Waals surface area contributed by atoms with Crippen molar-refractivity contribution in [1.82, 2.24) is 9.55 Å². The first-order valence-corrected chi connectivity index (χ1v) is 10.0. The normalized spacial score (nSPS) is 10.3. The number of thioether (sulfide) groups is 1. The zero-order chi connectivity index (χ0) is 20.1. The zero-order valence-electron chi connectivity index (χ0n) is 15.5. The van der Waals surface area contributed by atoms with Gasteiger partial charge in [0.2, 0.25) is 0 Å². The monoisotopic (exact) mass is 392 g/mol. The highest BCUT2D eigenvalue weighted by Gasteiger charge is 2.12. The quantitative estimate of drug-likeness (QED) is 0.416. The van der Waals surface area contributed by atoms with Crippen LogP contribution in [0, 0.1) is 22.7 Å². The molecule has 138 valence electrons. The van der Waals surface area contributed by atoms with Crippen molar-refractivity contribution in [2.45, 2.75) is 10.9 Å². The molecule has 0 aliphatic carbocycles. The third-order valence-corrected chi connectivity index (χ3v) is 5.49. The van der Waals surface area contributed by atoms with E-state index >= 15 is 0 Å². The summed E-state index contributed by atoms with van der Waals surface area (Å²) in [6, 6.07) is 29.5. The SMILES string of the molecule is N#Cc1ccc(-c2cn(-c3ccc(C#N)cc3)c(SCc3ccccc3)n2)cc1. The molecule has 0 radical (unpaired) electrons. The Hall–Kier alpha value is -3.80. The number of rotatable bonds is 5. The average Bonchev–Trinajstić information content (AvgIpc) is 3.23. The van der Waals surface area contributed by atoms with Crippen LogP contribution in [0.15, 0.2) is 90.2 Å². The first kappa shape index (κ1) is 18.6. The van der Waals surface area contributed by atoms with Crippen LogP contribution in [0.2, 0.25) is 0 Å². The number of aromatic nitrogens is 2. The van der Waals surface area contributed by atoms with Crippen molar-refractivity contribution in [1.29, 1.82) is 10.5 Å². The summed E-state index contributed by atoms with van der Waals surface area (Å²) < 4.78 is 2.04. The number of hydrogen-bond acceptors (Lipinski definition) is 4. The van der Waals surface area contributed by atoms with Crippen LogP contribution >= 0.6 is 11.8 Å². The van der Waals surface area contributed by atoms with Crippen LogP contribution in [-0.2, 0) is 5.75 Å². The molecule has 4 aromatic rings. The lowest BCUT2D eigenvalue weighted by Crippen LogP contribution is -1.95. The molecule has 1 aromatic heterocycles. The fourth-order valence-electron chi connectivity index (χ4n) is 2.92. The number of hydrogen-bond donors (Lipinski definition) is 0. The number of benzene rings is 3. The Kier molecular flexibility index (Phi) is 5.42. The predicted octanol–water partition coefficient (Wildman–Crippen LogP) is 5.57. The van der Waals surface area contributed by atoms with Crippen molar-refractivity contribution in [2.75, 3.05) is 0 Å². The molecule has 0 unspecified atom stereocenters. The maximum Gasteiger partial charge on any atom is 0.173 e. The standard InChI is InChI=1S/C24H16N4S/c25-14-18-6-10-21(11-7-18)23-16-28(22-12-8-19(15-26)9-13-22)24(27-23)29-17-20-4-2-1-3-5-20/h1-13,16H,17H2. The highest BCUT2D eigenvalue weighted by molar-refractivity contribution is 7.98. The van der Waals surface area contributed by atoms with Gasteiger partial charge in [-0.25, -0.2) is 4.98 Å². The summed E-state index contributed by atoms with van der Waals surface area (Å²) in [5.74, 6) is 0.806. The molecule has 0 N–H and O–H groups in total. The molecule has 29 heavy (non-hydrogen) atoms. The second-order valence-electron chi connectivity index (χ2n) is 6.40. The van der Waals surface area contributed by atoms with Gasteiger partial charge in [-0.05, 0) is 42.0 Å². The molecule has 0 saturated heterocycles. The Morgan fingerprint density at radius 2 is 1.41 bits per heavy atom. The van der Waals surface area contributed by atoms with Gasteiger partial charge >= 0.3 is 0 Å². The minimum Gasteiger partial charge on any atom is -0.294 e. The van der Waals surface area contributed by atoms with Crippen LogP contribution in [0.25, 0.3) is 16.9 Å². The summed E-state index contributed by atoms with van der Waals surface area (Å²) in [6.45, 7) is 0. The van der Waals surface area contributed by atoms with Crippen molar-refractivity contribution in [2.24, 2.45) is 0 Å². The average molecular weight is 392 g/mol. The van der Waals surface area contributed by atoms with Crippen LogP contribution in [0.4, 0.5) is 0 Å². The van der Waals surface area contributed by atoms with Gasteiger partial charge in [-0.15, -0.1) is 0 Å². The Morgan fingerprint density at radius 3 is 2.03 bits per heavy atom. The van der Waals surface area contributed by atoms with E-state index in [4.69, 9.17) is 15.5 Å². The molecule has 0 atom stereocenters. The minimum atomic E-state index is 0.624. The Bertz CT molecular complexity index is 1200. The van der Waals surface area contributed by atoms with E-state index in [9.17, 15) is 0 Å². The summed E-state index contributed by atoms with van der Waals surface area (Å²) in [5.41, 5.74) is 5.23. The van der Waals surface area contributed by atoms with E-state index < -0.39 is 0 Å². The van der Waals surface area contributed by atoms with Crippen LogP contribution in [-0.4, -0.2) is 9.55 Å². The summed E-state index contributed by atoms with van der Waals surface area (Å²) in [6.07, 6.45) is 2.00. The van der Waals surface area contributed by atoms with Gasteiger partial charge in [0.1, 0.15) is 0 Å². The van der Waals surface area contributed by atoms with Gasteiger partial charge < -0.3 is 0 Å². The molecule has 0 bridgehead atoms. The summed E-state index contributed by atoms with van der Waals surface area (Å²) in [5, 5.41) is 19.0. The summed E-state index contributed by atoms with van der Waals surface area (Å²) >= 11 is 1.66. The van der Waals surface area contributed by atoms with Crippen molar-refractivity contribution < 1.29 is 0 Å². The molecular weight excluding hydrogens is 376 g/mol. The number of imidazole rings is 1. The lowest BCUT2D eigenvalue weighted by molar-refractivity contribution is 0.895. The fraction of sp³-hybridized carbons (Fsp3) is 0.0417. The van der Waals surface area contributed by atoms with Crippen molar-refractivity contribution in [3.63, 3.8) is 0 Å². The zero-order valence-corrected chi connectivity index (χ0v) is 16.3. The highest BCUT2D eigenvalue weighted by atomic mass is 32.2. The topological polar surface area (TPSA) is 65.4 Å². The van der Waals surface area contributed by atoms with Gasteiger partial charge in [0, 0.05) is 23.2 Å². The molecule has 1 heterocycles. The van der Waals surface area contributed by atoms with Gasteiger partial charge in [0.15, 0.2) is 5.16 Å². The Labute approximate surface area is 173 Å². The summed E-state index contributed by atoms with van der Waals surface area (Å²) in [7, 11) is 0. The van der Waals surface area contributed by atoms with E-state index in [2.05, 4.69) is 24.3 Å². The lowest BCUT2D eigenvalue weighted by Gasteiger charge is -2.07. The van der Waals surface area contributed by atoms with Crippen LogP contribution in [0.1, 0.15) is 16.7 Å². The fourth-order valence-corrected chi connectivity index (χ4v) is 3.87. The Balaban J connectivity index is 1.70. The van der Waals surface area contributed by atoms with Crippen LogP contribution < -0.4 is 0 Å². The molecule has 4 nitrogen and oxygen atoms in total. The molecule has 0 aliphatic heterocycles. The van der Waals surface area contributed by atoms with Gasteiger partial charge in [-0.2, -0.15) is 10.5 Å². The molecule has 0 aliphatic rings. The van der Waals surface area contributed by atoms with E-state index in [1.165, 1.54) is 5.56 Å². The molecule has 0 amide bonds. The van der Waals surface area contributed by atoms with E-state index in [-0.39, 0.29) is 0 Å². The smallest absolute Gasteiger partial charge is 0.173 e. The van der Waals surface area contributed by atoms with Crippen molar-refractivity contribution >= 4 is 11.8 Å². The largest absolute Gasteiger partial charge is 0.294 e. The van der Waals surface area contributed by atoms with Crippen molar-refractivity contribution in [3.05, 3.63) is 102 Å². The van der Waals surface area contributed by atoms with Gasteiger partial charge in [-0.3, -0.25) is 4.57 Å². The maximum atomic E-state index is 9.06. The van der Waals surface area contributed by atoms with E-state index in [1.54, 1.807) is 23.9 Å². The second kappa shape index (κ2) is 8.48. The molecule has 0 fully saturated rings. The summed E-state index contributed by atoms with van der Waals surface area (Å²) in [4.78, 5) is 4.85. The predicted molar refractivity (Wildman–Crippen MR) is 114 cm³/mol. The van der Waals surface area contributed by atoms with E-state index in [0.29, 0.717) is 11.1 Å². The van der Waals surface area contributed by atoms with Gasteiger partial charge in [0.25, 0.3) is 0 Å². The first-order chi connectivity index (χ1) is 14.3. The second-order valence-corrected chi connectivity index (χ2v) is 7.34. The molecule has 3 aromatic carbocycles. The van der Waals surface area contributed by atoms with Gasteiger partial charge in [-0.1, -0.05) is 54.2 Å². The molecule has 0 saturated carbocycles. The third-order valence-electron chi connectivity index (χ3n) is 4.47. The highest BCUT2D eigenvalue weighted by Crippen LogP contribution is 2.29. The number of nitrogens with zero attached hydrogens (tertiary/aromatic N) is 4. The molecule has 0 spiro atoms. The first-order valence-electron chi connectivity index (χ1n) is 9.04. The molecule has 5 heteroatoms. The third kappa shape index (κ3) is 4.21.